The van der Waals surface area contributed by atoms with Crippen LogP contribution in [0, 0.1) is 0 Å². The highest BCUT2D eigenvalue weighted by Gasteiger charge is 2.07. The van der Waals surface area contributed by atoms with Crippen molar-refractivity contribution in [3.8, 4) is 5.75 Å². The molecule has 0 fully saturated rings. The first-order chi connectivity index (χ1) is 7.56. The number of hydrogen-bond donors (Lipinski definition) is 4. The van der Waals surface area contributed by atoms with Gasteiger partial charge in [0.05, 0.1) is 18.8 Å². The van der Waals surface area contributed by atoms with Gasteiger partial charge in [0.25, 0.3) is 0 Å². The van der Waals surface area contributed by atoms with E-state index in [9.17, 15) is 10.2 Å². The second-order valence-corrected chi connectivity index (χ2v) is 3.59. The molecule has 4 nitrogen and oxygen atoms in total. The third kappa shape index (κ3) is 3.06. The van der Waals surface area contributed by atoms with Crippen LogP contribution in [0.4, 0.5) is 0 Å². The number of aliphatic hydroxyl groups is 3. The lowest BCUT2D eigenvalue weighted by Gasteiger charge is -2.09. The fourth-order valence-corrected chi connectivity index (χ4v) is 1.28. The zero-order chi connectivity index (χ0) is 12.1. The van der Waals surface area contributed by atoms with Crippen molar-refractivity contribution in [1.29, 1.82) is 0 Å². The highest BCUT2D eigenvalue weighted by molar-refractivity contribution is 5.57. The molecule has 88 valence electrons. The smallest absolute Gasteiger partial charge is 0.121 e. The van der Waals surface area contributed by atoms with Crippen LogP contribution in [0.1, 0.15) is 18.1 Å². The first kappa shape index (κ1) is 12.7. The standard InChI is InChI=1S/C12H16O4/c1-8(14)11(15)6-5-9-3-2-4-12(16)10(9)7-13/h2-6,8,11,13-16H,7H2,1H3/b6-5+/t8-,11+/m1/s1. The van der Waals surface area contributed by atoms with Gasteiger partial charge < -0.3 is 20.4 Å². The third-order valence-corrected chi connectivity index (χ3v) is 2.31. The minimum absolute atomic E-state index is 0.0104. The molecule has 4 N–H and O–H groups in total. The molecule has 0 amide bonds. The van der Waals surface area contributed by atoms with Gasteiger partial charge in [0.15, 0.2) is 0 Å². The van der Waals surface area contributed by atoms with Crippen LogP contribution in [0.25, 0.3) is 6.08 Å². The maximum absolute atomic E-state index is 9.46. The molecule has 0 saturated carbocycles. The molecule has 16 heavy (non-hydrogen) atoms. The van der Waals surface area contributed by atoms with Crippen LogP contribution >= 0.6 is 0 Å². The van der Waals surface area contributed by atoms with Crippen molar-refractivity contribution in [2.75, 3.05) is 0 Å². The maximum atomic E-state index is 9.46. The van der Waals surface area contributed by atoms with E-state index in [0.717, 1.165) is 0 Å². The first-order valence-corrected chi connectivity index (χ1v) is 5.02. The lowest BCUT2D eigenvalue weighted by molar-refractivity contribution is 0.0624. The SMILES string of the molecule is C[C@@H](O)[C@@H](O)/C=C/c1cccc(O)c1CO. The summed E-state index contributed by atoms with van der Waals surface area (Å²) >= 11 is 0. The Labute approximate surface area is 94.1 Å². The van der Waals surface area contributed by atoms with Gasteiger partial charge in [0.2, 0.25) is 0 Å². The van der Waals surface area contributed by atoms with Crippen molar-refractivity contribution in [3.63, 3.8) is 0 Å². The summed E-state index contributed by atoms with van der Waals surface area (Å²) in [5, 5.41) is 37.0. The molecule has 1 rings (SSSR count). The van der Waals surface area contributed by atoms with Crippen LogP contribution < -0.4 is 0 Å². The third-order valence-electron chi connectivity index (χ3n) is 2.31. The maximum Gasteiger partial charge on any atom is 0.121 e. The summed E-state index contributed by atoms with van der Waals surface area (Å²) < 4.78 is 0. The Balaban J connectivity index is 2.93. The van der Waals surface area contributed by atoms with Crippen LogP contribution in [-0.2, 0) is 6.61 Å². The highest BCUT2D eigenvalue weighted by atomic mass is 16.3. The molecule has 0 spiro atoms. The van der Waals surface area contributed by atoms with E-state index in [2.05, 4.69) is 0 Å². The van der Waals surface area contributed by atoms with Gasteiger partial charge in [-0.05, 0) is 18.6 Å². The summed E-state index contributed by atoms with van der Waals surface area (Å²) in [5.74, 6) is 0.0104. The van der Waals surface area contributed by atoms with Gasteiger partial charge in [-0.1, -0.05) is 24.3 Å². The predicted molar refractivity (Wildman–Crippen MR) is 60.8 cm³/mol. The molecule has 1 aromatic carbocycles. The van der Waals surface area contributed by atoms with Crippen LogP contribution in [0.15, 0.2) is 24.3 Å². The molecular formula is C12H16O4. The van der Waals surface area contributed by atoms with Gasteiger partial charge in [0.1, 0.15) is 5.75 Å². The summed E-state index contributed by atoms with van der Waals surface area (Å²) in [7, 11) is 0. The normalized spacial score (nSPS) is 15.2. The van der Waals surface area contributed by atoms with Crippen LogP contribution in [0.3, 0.4) is 0 Å². The second kappa shape index (κ2) is 5.65. The van der Waals surface area contributed by atoms with Gasteiger partial charge in [-0.25, -0.2) is 0 Å². The van der Waals surface area contributed by atoms with E-state index in [4.69, 9.17) is 10.2 Å². The van der Waals surface area contributed by atoms with Gasteiger partial charge in [-0.15, -0.1) is 0 Å². The summed E-state index contributed by atoms with van der Waals surface area (Å²) in [6, 6.07) is 4.83. The number of hydrogen-bond acceptors (Lipinski definition) is 4. The average molecular weight is 224 g/mol. The van der Waals surface area contributed by atoms with E-state index >= 15 is 0 Å². The molecule has 0 radical (unpaired) electrons. The lowest BCUT2D eigenvalue weighted by atomic mass is 10.1. The molecule has 4 heteroatoms. The second-order valence-electron chi connectivity index (χ2n) is 3.59. The van der Waals surface area contributed by atoms with Crippen LogP contribution in [-0.4, -0.2) is 32.6 Å². The summed E-state index contributed by atoms with van der Waals surface area (Å²) in [6.07, 6.45) is 1.15. The molecule has 1 aromatic rings. The van der Waals surface area contributed by atoms with E-state index in [0.29, 0.717) is 11.1 Å². The van der Waals surface area contributed by atoms with Crippen molar-refractivity contribution >= 4 is 6.08 Å². The molecule has 0 unspecified atom stereocenters. The molecule has 0 bridgehead atoms. The summed E-state index contributed by atoms with van der Waals surface area (Å²) in [6.45, 7) is 1.20. The topological polar surface area (TPSA) is 80.9 Å². The fourth-order valence-electron chi connectivity index (χ4n) is 1.28. The molecule has 0 aromatic heterocycles. The highest BCUT2D eigenvalue weighted by Crippen LogP contribution is 2.22. The van der Waals surface area contributed by atoms with Gasteiger partial charge in [0, 0.05) is 5.56 Å². The fraction of sp³-hybridized carbons (Fsp3) is 0.333. The van der Waals surface area contributed by atoms with Crippen molar-refractivity contribution in [2.24, 2.45) is 0 Å². The largest absolute Gasteiger partial charge is 0.508 e. The van der Waals surface area contributed by atoms with Gasteiger partial charge in [-0.3, -0.25) is 0 Å². The minimum atomic E-state index is -0.964. The van der Waals surface area contributed by atoms with E-state index in [1.165, 1.54) is 19.1 Å². The Bertz CT molecular complexity index is 371. The van der Waals surface area contributed by atoms with E-state index in [1.807, 2.05) is 0 Å². The van der Waals surface area contributed by atoms with Gasteiger partial charge >= 0.3 is 0 Å². The van der Waals surface area contributed by atoms with Crippen molar-refractivity contribution in [1.82, 2.24) is 0 Å². The molecule has 0 aliphatic rings. The first-order valence-electron chi connectivity index (χ1n) is 5.02. The van der Waals surface area contributed by atoms with Crippen molar-refractivity contribution in [2.45, 2.75) is 25.7 Å². The Kier molecular flexibility index (Phi) is 4.49. The van der Waals surface area contributed by atoms with E-state index in [1.54, 1.807) is 18.2 Å². The number of rotatable bonds is 4. The Morgan fingerprint density at radius 1 is 1.31 bits per heavy atom. The average Bonchev–Trinajstić information content (AvgIpc) is 2.25. The molecule has 2 atom stereocenters. The molecule has 0 aliphatic heterocycles. The van der Waals surface area contributed by atoms with E-state index in [-0.39, 0.29) is 12.4 Å². The quantitative estimate of drug-likeness (QED) is 0.605. The number of phenols is 1. The van der Waals surface area contributed by atoms with Crippen molar-refractivity contribution in [3.05, 3.63) is 35.4 Å². The van der Waals surface area contributed by atoms with E-state index < -0.39 is 12.2 Å². The zero-order valence-corrected chi connectivity index (χ0v) is 9.04. The Hall–Kier alpha value is -1.36. The van der Waals surface area contributed by atoms with Crippen LogP contribution in [0.2, 0.25) is 0 Å². The number of aliphatic hydroxyl groups excluding tert-OH is 3. The Morgan fingerprint density at radius 3 is 2.56 bits per heavy atom. The number of aromatic hydroxyl groups is 1. The lowest BCUT2D eigenvalue weighted by Crippen LogP contribution is -2.19. The van der Waals surface area contributed by atoms with Crippen molar-refractivity contribution < 1.29 is 20.4 Å². The van der Waals surface area contributed by atoms with Gasteiger partial charge in [-0.2, -0.15) is 0 Å². The van der Waals surface area contributed by atoms with Crippen LogP contribution in [0.5, 0.6) is 5.75 Å². The zero-order valence-electron chi connectivity index (χ0n) is 9.04. The molecule has 0 heterocycles. The number of benzene rings is 1. The molecular weight excluding hydrogens is 208 g/mol. The summed E-state index contributed by atoms with van der Waals surface area (Å²) in [4.78, 5) is 0. The molecule has 0 aliphatic carbocycles. The monoisotopic (exact) mass is 224 g/mol. The molecule has 0 saturated heterocycles. The Morgan fingerprint density at radius 2 is 2.00 bits per heavy atom. The minimum Gasteiger partial charge on any atom is -0.508 e. The summed E-state index contributed by atoms with van der Waals surface area (Å²) in [5.41, 5.74) is 1.01. The predicted octanol–water partition coefficient (Wildman–Crippen LogP) is 0.639.